The molecule has 0 saturated heterocycles. The first kappa shape index (κ1) is 120. The van der Waals surface area contributed by atoms with E-state index < -0.39 is 109 Å². The van der Waals surface area contributed by atoms with Crippen LogP contribution in [0.5, 0.6) is 0 Å². The number of hydrogen-bond acceptors (Lipinski definition) is 21. The van der Waals surface area contributed by atoms with Crippen molar-refractivity contribution < 1.29 is 150 Å². The third kappa shape index (κ3) is 62.9. The summed E-state index contributed by atoms with van der Waals surface area (Å²) in [6.07, 6.45) is 7.80. The summed E-state index contributed by atoms with van der Waals surface area (Å²) in [4.78, 5) is 111. The Morgan fingerprint density at radius 2 is 0.354 bits per heavy atom. The molecule has 30 nitrogen and oxygen atoms in total. The van der Waals surface area contributed by atoms with Crippen molar-refractivity contribution in [3.63, 3.8) is 0 Å². The van der Waals surface area contributed by atoms with Crippen LogP contribution in [0.1, 0.15) is 57.8 Å². The number of aliphatic hydroxyl groups is 3. The van der Waals surface area contributed by atoms with Crippen molar-refractivity contribution in [1.82, 2.24) is 0 Å². The van der Waals surface area contributed by atoms with Crippen molar-refractivity contribution in [2.45, 2.75) is 113 Å². The second-order valence-corrected chi connectivity index (χ2v) is 37.9. The molecule has 0 aromatic heterocycles. The third-order valence-corrected chi connectivity index (χ3v) is 19.5. The summed E-state index contributed by atoms with van der Waals surface area (Å²) in [6, 6.07) is 0. The number of hydrogen-bond donors (Lipinski definition) is 3. The zero-order valence-electron chi connectivity index (χ0n) is 57.7. The van der Waals surface area contributed by atoms with Crippen LogP contribution in [0.15, 0.2) is 0 Å². The first-order valence-electron chi connectivity index (χ1n) is 26.7. The van der Waals surface area contributed by atoms with Crippen LogP contribution in [0.25, 0.3) is 0 Å². The Balaban J connectivity index is -0.000000110. The SMILES string of the molecule is C=S(C)CCC(O)C(=O)OC(CCS(=C)C)C(=O)OC.C=S(C)CCC(O)C(=O)OC(CCS(=C)C)C(=O)OC(CCS(=C)C)C(=O)OC.C=S(C)CCC(O)C(=O)OC(CCS(=C)C)C(=O)OC(CCS(=C)C)C(=O)OC(CCS(=C)C)C(=O)OC.O.O.O.O.O.O.O.O.O. The molecule has 96 heavy (non-hydrogen) atoms. The Morgan fingerprint density at radius 1 is 0.240 bits per heavy atom. The predicted molar refractivity (Wildman–Crippen MR) is 417 cm³/mol. The number of aliphatic hydroxyl groups excluding tert-OH is 3. The van der Waals surface area contributed by atoms with Gasteiger partial charge in [-0.3, -0.25) is 0 Å². The van der Waals surface area contributed by atoms with Crippen LogP contribution in [0, 0.1) is 0 Å². The van der Waals surface area contributed by atoms with Gasteiger partial charge < -0.3 is 107 Å². The van der Waals surface area contributed by atoms with E-state index >= 15 is 0 Å². The van der Waals surface area contributed by atoms with Crippen LogP contribution >= 0.6 is 94.4 Å². The first-order valence-corrected chi connectivity index (χ1v) is 44.5. The second kappa shape index (κ2) is 68.8. The standard InChI is InChI=1S/C25H44O9S4.C19H34O7S3.C13H24O5S2.9H2O/c1-31-23(28)19(11-15-36(4)5)33-25(30)21(13-17-38(8)9)34-24(29)20(12-16-37(6)7)32-22(27)18(26)10-14-35(2)3;1-24-18(22)15(9-12-28(4)5)26-19(23)16(10-13-29(6)7)25-17(21)14(20)8-11-27(2)3;1-17-13(16)11(7-9-20(4)5)18-12(15)10(14)6-8-19(2)3;;;;;;;;;/h18-21,26H,2,4,6,8,10-17H2,1,3,5,7,9H3;14-16,20H,2,4,6,8-13H2,1,3,5,7H3;10-11,14H,2,4,6-9H2,1,3,5H3;9*1H2. The van der Waals surface area contributed by atoms with Gasteiger partial charge in [0.2, 0.25) is 0 Å². The van der Waals surface area contributed by atoms with Crippen LogP contribution < -0.4 is 0 Å². The zero-order chi connectivity index (χ0) is 67.7. The average molecular weight is 1570 g/mol. The molecule has 0 heterocycles. The van der Waals surface area contributed by atoms with E-state index in [0.29, 0.717) is 58.2 Å². The van der Waals surface area contributed by atoms with E-state index in [4.69, 9.17) is 37.9 Å². The lowest BCUT2D eigenvalue weighted by molar-refractivity contribution is -0.185. The Bertz CT molecular complexity index is 2430. The molecule has 0 aromatic rings. The highest BCUT2D eigenvalue weighted by Gasteiger charge is 2.36. The monoisotopic (exact) mass is 1570 g/mol. The summed E-state index contributed by atoms with van der Waals surface area (Å²) in [5, 5.41) is 29.8. The van der Waals surface area contributed by atoms with Gasteiger partial charge in [0.1, 0.15) is 0 Å². The zero-order valence-corrected chi connectivity index (χ0v) is 65.0. The van der Waals surface area contributed by atoms with Crippen LogP contribution in [0.4, 0.5) is 0 Å². The van der Waals surface area contributed by atoms with Crippen molar-refractivity contribution in [1.29, 1.82) is 0 Å². The van der Waals surface area contributed by atoms with Gasteiger partial charge in [0, 0.05) is 38.5 Å². The maximum Gasteiger partial charge on any atom is 0.348 e. The van der Waals surface area contributed by atoms with Crippen LogP contribution in [-0.4, -0.2) is 356 Å². The van der Waals surface area contributed by atoms with Gasteiger partial charge in [0.25, 0.3) is 0 Å². The molecule has 0 bridgehead atoms. The molecule has 0 aliphatic rings. The Labute approximate surface area is 589 Å². The van der Waals surface area contributed by atoms with E-state index in [1.807, 2.05) is 56.3 Å². The van der Waals surface area contributed by atoms with Crippen LogP contribution in [0.3, 0.4) is 0 Å². The quantitative estimate of drug-likeness (QED) is 0.0313. The van der Waals surface area contributed by atoms with E-state index in [-0.39, 0.29) is 195 Å². The highest BCUT2D eigenvalue weighted by Crippen LogP contribution is 2.21. The van der Waals surface area contributed by atoms with Gasteiger partial charge >= 0.3 is 53.7 Å². The predicted octanol–water partition coefficient (Wildman–Crippen LogP) is -2.90. The smallest absolute Gasteiger partial charge is 0.348 e. The number of ether oxygens (including phenoxy) is 9. The number of carbonyl (C=O) groups is 9. The van der Waals surface area contributed by atoms with E-state index in [9.17, 15) is 58.5 Å². The molecule has 18 unspecified atom stereocenters. The molecule has 0 radical (unpaired) electrons. The molecule has 0 spiro atoms. The number of esters is 9. The molecule has 18 atom stereocenters. The van der Waals surface area contributed by atoms with Crippen molar-refractivity contribution in [3.05, 3.63) is 0 Å². The Hall–Kier alpha value is -3.27. The Morgan fingerprint density at radius 3 is 0.479 bits per heavy atom. The third-order valence-electron chi connectivity index (χ3n) is 11.1. The van der Waals surface area contributed by atoms with Gasteiger partial charge in [-0.15, -0.1) is 0 Å². The minimum absolute atomic E-state index is 0. The van der Waals surface area contributed by atoms with Crippen molar-refractivity contribution in [2.24, 2.45) is 0 Å². The van der Waals surface area contributed by atoms with Gasteiger partial charge in [0.05, 0.1) is 21.3 Å². The number of methoxy groups -OCH3 is 3. The van der Waals surface area contributed by atoms with Gasteiger partial charge in [0.15, 0.2) is 54.9 Å². The molecule has 0 aliphatic heterocycles. The van der Waals surface area contributed by atoms with E-state index in [0.717, 1.165) is 0 Å². The second-order valence-electron chi connectivity index (χ2n) is 20.1. The summed E-state index contributed by atoms with van der Waals surface area (Å²) in [7, 11) is 1.72. The summed E-state index contributed by atoms with van der Waals surface area (Å²) < 4.78 is 45.9. The molecule has 0 aromatic carbocycles. The highest BCUT2D eigenvalue weighted by molar-refractivity contribution is 8.15. The molecule has 0 aliphatic carbocycles. The summed E-state index contributed by atoms with van der Waals surface area (Å²) in [6.45, 7) is 0. The normalized spacial score (nSPS) is 15.7. The molecule has 582 valence electrons. The number of carbonyl (C=O) groups excluding carboxylic acids is 9. The largest absolute Gasteiger partial charge is 0.466 e. The van der Waals surface area contributed by atoms with Gasteiger partial charge in [-0.1, -0.05) is 52.8 Å². The molecule has 0 amide bonds. The minimum Gasteiger partial charge on any atom is -0.466 e. The van der Waals surface area contributed by atoms with Gasteiger partial charge in [-0.25, -0.2) is 43.2 Å². The van der Waals surface area contributed by atoms with E-state index in [1.165, 1.54) is 21.3 Å². The fourth-order valence-electron chi connectivity index (χ4n) is 6.19. The maximum atomic E-state index is 13.1. The Kier molecular flexibility index (Phi) is 85.9. The molecular weight excluding hydrogens is 1450 g/mol. The first-order chi connectivity index (χ1) is 40.4. The van der Waals surface area contributed by atoms with E-state index in [1.54, 1.807) is 0 Å². The summed E-state index contributed by atoms with van der Waals surface area (Å²) >= 11 is 0. The summed E-state index contributed by atoms with van der Waals surface area (Å²) in [5.41, 5.74) is 0. The molecule has 0 saturated carbocycles. The molecular formula is C57H120O30S9. The highest BCUT2D eigenvalue weighted by atomic mass is 32.2. The fraction of sp³-hybridized carbons (Fsp3) is 0.684. The molecule has 0 fully saturated rings. The molecule has 39 heteroatoms. The number of rotatable bonds is 42. The fourth-order valence-corrected chi connectivity index (χ4v) is 11.8. The lowest BCUT2D eigenvalue weighted by Crippen LogP contribution is -2.40. The van der Waals surface area contributed by atoms with Crippen molar-refractivity contribution in [2.75, 3.05) is 129 Å². The average Bonchev–Trinajstić information content (AvgIpc) is 0.985. The van der Waals surface area contributed by atoms with Gasteiger partial charge in [-0.05, 0) is 127 Å². The maximum absolute atomic E-state index is 13.1. The molecule has 21 N–H and O–H groups in total. The minimum atomic E-state index is -1.41. The van der Waals surface area contributed by atoms with Crippen LogP contribution in [0.2, 0.25) is 0 Å². The lowest BCUT2D eigenvalue weighted by Gasteiger charge is -2.24. The van der Waals surface area contributed by atoms with Crippen molar-refractivity contribution in [3.8, 4) is 0 Å². The van der Waals surface area contributed by atoms with Gasteiger partial charge in [-0.2, -0.15) is 94.4 Å². The lowest BCUT2D eigenvalue weighted by atomic mass is 10.2. The van der Waals surface area contributed by atoms with E-state index in [2.05, 4.69) is 57.6 Å². The topological polar surface area (TPSA) is 581 Å². The summed E-state index contributed by atoms with van der Waals surface area (Å²) in [5.74, 6) is 32.5. The van der Waals surface area contributed by atoms with Crippen LogP contribution in [-0.2, 0) is 85.8 Å². The van der Waals surface area contributed by atoms with Crippen molar-refractivity contribution >= 4 is 201 Å². The molecule has 0 rings (SSSR count).